The van der Waals surface area contributed by atoms with Gasteiger partial charge in [-0.25, -0.2) is 14.4 Å². The summed E-state index contributed by atoms with van der Waals surface area (Å²) in [6, 6.07) is 9.57. The number of hydrogen-bond acceptors (Lipinski definition) is 3. The summed E-state index contributed by atoms with van der Waals surface area (Å²) < 4.78 is 18.6. The predicted molar refractivity (Wildman–Crippen MR) is 109 cm³/mol. The molecule has 1 aromatic heterocycles. The van der Waals surface area contributed by atoms with Gasteiger partial charge in [-0.2, -0.15) is 0 Å². The van der Waals surface area contributed by atoms with Crippen LogP contribution in [0.4, 0.5) is 4.39 Å². The van der Waals surface area contributed by atoms with Crippen LogP contribution >= 0.6 is 24.0 Å². The molecular formula is C18H24FIN4O. The first-order valence-electron chi connectivity index (χ1n) is 8.11. The molecule has 7 heteroatoms. The van der Waals surface area contributed by atoms with Crippen molar-refractivity contribution in [2.75, 3.05) is 13.1 Å². The van der Waals surface area contributed by atoms with E-state index < -0.39 is 0 Å². The summed E-state index contributed by atoms with van der Waals surface area (Å²) in [4.78, 5) is 8.72. The van der Waals surface area contributed by atoms with E-state index in [1.54, 1.807) is 18.3 Å². The van der Waals surface area contributed by atoms with E-state index in [1.165, 1.54) is 12.1 Å². The molecule has 0 spiro atoms. The second-order valence-electron chi connectivity index (χ2n) is 5.18. The van der Waals surface area contributed by atoms with Crippen LogP contribution in [0.5, 0.6) is 11.6 Å². The molecule has 1 aromatic carbocycles. The Labute approximate surface area is 165 Å². The molecule has 2 aromatic rings. The van der Waals surface area contributed by atoms with Crippen molar-refractivity contribution >= 4 is 29.9 Å². The Morgan fingerprint density at radius 3 is 2.60 bits per heavy atom. The summed E-state index contributed by atoms with van der Waals surface area (Å²) in [6.45, 7) is 6.34. The van der Waals surface area contributed by atoms with Gasteiger partial charge in [0.05, 0.1) is 6.54 Å². The highest BCUT2D eigenvalue weighted by molar-refractivity contribution is 14.0. The van der Waals surface area contributed by atoms with Crippen molar-refractivity contribution < 1.29 is 9.13 Å². The fraction of sp³-hybridized carbons (Fsp3) is 0.333. The lowest BCUT2D eigenvalue weighted by molar-refractivity contribution is 0.460. The first-order chi connectivity index (χ1) is 11.7. The number of guanidine groups is 1. The molecular weight excluding hydrogens is 434 g/mol. The lowest BCUT2D eigenvalue weighted by Gasteiger charge is -2.10. The van der Waals surface area contributed by atoms with E-state index in [2.05, 4.69) is 27.5 Å². The van der Waals surface area contributed by atoms with Gasteiger partial charge in [0.2, 0.25) is 5.88 Å². The number of rotatable bonds is 7. The third kappa shape index (κ3) is 7.68. The highest BCUT2D eigenvalue weighted by atomic mass is 127. The van der Waals surface area contributed by atoms with Crippen LogP contribution in [0.1, 0.15) is 25.8 Å². The molecule has 2 N–H and O–H groups in total. The van der Waals surface area contributed by atoms with E-state index in [9.17, 15) is 4.39 Å². The van der Waals surface area contributed by atoms with Crippen LogP contribution in [0.2, 0.25) is 0 Å². The Kier molecular flexibility index (Phi) is 9.83. The van der Waals surface area contributed by atoms with Crippen molar-refractivity contribution in [1.29, 1.82) is 0 Å². The van der Waals surface area contributed by atoms with Crippen molar-refractivity contribution in [3.63, 3.8) is 0 Å². The minimum Gasteiger partial charge on any atom is -0.439 e. The van der Waals surface area contributed by atoms with Crippen molar-refractivity contribution in [3.8, 4) is 11.6 Å². The van der Waals surface area contributed by atoms with E-state index in [0.717, 1.165) is 31.0 Å². The van der Waals surface area contributed by atoms with Crippen molar-refractivity contribution in [2.45, 2.75) is 26.8 Å². The third-order valence-electron chi connectivity index (χ3n) is 3.14. The minimum atomic E-state index is -0.297. The SMILES string of the molecule is CCCNC(=NCc1ccnc(Oc2ccc(F)cc2)c1)NCC.I. The largest absolute Gasteiger partial charge is 0.439 e. The topological polar surface area (TPSA) is 58.5 Å². The van der Waals surface area contributed by atoms with Gasteiger partial charge < -0.3 is 15.4 Å². The van der Waals surface area contributed by atoms with Gasteiger partial charge in [0.1, 0.15) is 11.6 Å². The van der Waals surface area contributed by atoms with Crippen LogP contribution in [0.25, 0.3) is 0 Å². The molecule has 0 aliphatic rings. The Hall–Kier alpha value is -1.90. The average molecular weight is 458 g/mol. The molecule has 0 aliphatic heterocycles. The van der Waals surface area contributed by atoms with Crippen LogP contribution in [0.15, 0.2) is 47.6 Å². The fourth-order valence-corrected chi connectivity index (χ4v) is 1.98. The Morgan fingerprint density at radius 2 is 1.92 bits per heavy atom. The molecule has 0 saturated carbocycles. The van der Waals surface area contributed by atoms with Crippen LogP contribution < -0.4 is 15.4 Å². The minimum absolute atomic E-state index is 0. The summed E-state index contributed by atoms with van der Waals surface area (Å²) in [7, 11) is 0. The van der Waals surface area contributed by atoms with Crippen LogP contribution in [-0.4, -0.2) is 24.0 Å². The van der Waals surface area contributed by atoms with Crippen molar-refractivity contribution in [1.82, 2.24) is 15.6 Å². The normalized spacial score (nSPS) is 10.8. The molecule has 0 aliphatic carbocycles. The van der Waals surface area contributed by atoms with Gasteiger partial charge in [0.25, 0.3) is 0 Å². The zero-order valence-electron chi connectivity index (χ0n) is 14.5. The summed E-state index contributed by atoms with van der Waals surface area (Å²) >= 11 is 0. The highest BCUT2D eigenvalue weighted by Crippen LogP contribution is 2.20. The number of halogens is 2. The van der Waals surface area contributed by atoms with E-state index in [0.29, 0.717) is 18.2 Å². The number of benzene rings is 1. The Bertz CT molecular complexity index is 664. The zero-order valence-corrected chi connectivity index (χ0v) is 16.8. The van der Waals surface area contributed by atoms with Crippen molar-refractivity contribution in [2.24, 2.45) is 4.99 Å². The standard InChI is InChI=1S/C18H23FN4O.HI/c1-3-10-22-18(20-4-2)23-13-14-9-11-21-17(12-14)24-16-7-5-15(19)6-8-16;/h5-9,11-12H,3-4,10,13H2,1-2H3,(H2,20,22,23);1H. The predicted octanol–water partition coefficient (Wildman–Crippen LogP) is 4.10. The van der Waals surface area contributed by atoms with Gasteiger partial charge in [0, 0.05) is 25.4 Å². The van der Waals surface area contributed by atoms with Crippen LogP contribution in [0, 0.1) is 5.82 Å². The van der Waals surface area contributed by atoms with Gasteiger partial charge in [-0.1, -0.05) is 6.92 Å². The molecule has 0 saturated heterocycles. The summed E-state index contributed by atoms with van der Waals surface area (Å²) in [5.41, 5.74) is 0.982. The quantitative estimate of drug-likeness (QED) is 0.373. The van der Waals surface area contributed by atoms with E-state index >= 15 is 0 Å². The molecule has 1 heterocycles. The smallest absolute Gasteiger partial charge is 0.219 e. The molecule has 0 bridgehead atoms. The second kappa shape index (κ2) is 11.6. The summed E-state index contributed by atoms with van der Waals surface area (Å²) in [5.74, 6) is 1.49. The van der Waals surface area contributed by atoms with Crippen LogP contribution in [-0.2, 0) is 6.54 Å². The fourth-order valence-electron chi connectivity index (χ4n) is 1.98. The lowest BCUT2D eigenvalue weighted by atomic mass is 10.2. The zero-order chi connectivity index (χ0) is 17.2. The number of nitrogens with one attached hydrogen (secondary N) is 2. The maximum absolute atomic E-state index is 12.9. The van der Waals surface area contributed by atoms with Gasteiger partial charge in [-0.05, 0) is 49.2 Å². The molecule has 0 unspecified atom stereocenters. The Morgan fingerprint density at radius 1 is 1.16 bits per heavy atom. The Balaban J connectivity index is 0.00000312. The van der Waals surface area contributed by atoms with E-state index in [4.69, 9.17) is 4.74 Å². The summed E-state index contributed by atoms with van der Waals surface area (Å²) in [5, 5.41) is 6.46. The van der Waals surface area contributed by atoms with Crippen molar-refractivity contribution in [3.05, 3.63) is 54.0 Å². The van der Waals surface area contributed by atoms with E-state index in [-0.39, 0.29) is 29.8 Å². The number of aliphatic imine (C=N–C) groups is 1. The molecule has 0 radical (unpaired) electrons. The molecule has 25 heavy (non-hydrogen) atoms. The number of hydrogen-bond donors (Lipinski definition) is 2. The lowest BCUT2D eigenvalue weighted by Crippen LogP contribution is -2.37. The maximum Gasteiger partial charge on any atom is 0.219 e. The monoisotopic (exact) mass is 458 g/mol. The molecule has 5 nitrogen and oxygen atoms in total. The molecule has 2 rings (SSSR count). The van der Waals surface area contributed by atoms with Gasteiger partial charge in [0.15, 0.2) is 5.96 Å². The number of ether oxygens (including phenoxy) is 1. The first kappa shape index (κ1) is 21.1. The number of nitrogens with zero attached hydrogens (tertiary/aromatic N) is 2. The summed E-state index contributed by atoms with van der Waals surface area (Å²) in [6.07, 6.45) is 2.71. The maximum atomic E-state index is 12.9. The number of aromatic nitrogens is 1. The van der Waals surface area contributed by atoms with Gasteiger partial charge >= 0.3 is 0 Å². The first-order valence-corrected chi connectivity index (χ1v) is 8.11. The molecule has 0 fully saturated rings. The van der Waals surface area contributed by atoms with Gasteiger partial charge in [-0.15, -0.1) is 24.0 Å². The van der Waals surface area contributed by atoms with Gasteiger partial charge in [-0.3, -0.25) is 0 Å². The molecule has 0 atom stereocenters. The number of pyridine rings is 1. The molecule has 0 amide bonds. The van der Waals surface area contributed by atoms with E-state index in [1.807, 2.05) is 19.1 Å². The van der Waals surface area contributed by atoms with Crippen LogP contribution in [0.3, 0.4) is 0 Å². The third-order valence-corrected chi connectivity index (χ3v) is 3.14. The average Bonchev–Trinajstić information content (AvgIpc) is 2.60. The highest BCUT2D eigenvalue weighted by Gasteiger charge is 2.02. The second-order valence-corrected chi connectivity index (χ2v) is 5.18. The molecule has 136 valence electrons.